The van der Waals surface area contributed by atoms with Crippen molar-refractivity contribution in [2.75, 3.05) is 5.75 Å². The second-order valence-electron chi connectivity index (χ2n) is 6.25. The maximum atomic E-state index is 10.8. The fourth-order valence-corrected chi connectivity index (χ4v) is 3.08. The van der Waals surface area contributed by atoms with E-state index in [9.17, 15) is 13.2 Å². The molecule has 0 saturated heterocycles. The first-order valence-corrected chi connectivity index (χ1v) is 10.4. The molecule has 0 saturated carbocycles. The van der Waals surface area contributed by atoms with E-state index in [1.165, 1.54) is 38.5 Å². The summed E-state index contributed by atoms with van der Waals surface area (Å²) in [4.78, 5) is 10.8. The molecular weight excluding hydrogens is 314 g/mol. The van der Waals surface area contributed by atoms with Crippen LogP contribution in [0, 0.1) is 0 Å². The van der Waals surface area contributed by atoms with Gasteiger partial charge in [-0.3, -0.25) is 9.35 Å². The molecule has 0 aromatic carbocycles. The van der Waals surface area contributed by atoms with Gasteiger partial charge < -0.3 is 5.73 Å². The Kier molecular flexibility index (Phi) is 13.0. The Labute approximate surface area is 141 Å². The molecule has 0 heterocycles. The number of unbranched alkanes of at least 4 members (excludes halogenated alkanes) is 11. The number of nitrogens with two attached hydrogens (primary N) is 1. The number of amides is 1. The highest BCUT2D eigenvalue weighted by atomic mass is 32.2. The Bertz CT molecular complexity index is 432. The highest BCUT2D eigenvalue weighted by Gasteiger charge is 2.03. The molecule has 0 aliphatic carbocycles. The molecule has 0 aliphatic rings. The van der Waals surface area contributed by atoms with Crippen LogP contribution in [0.25, 0.3) is 0 Å². The van der Waals surface area contributed by atoms with Crippen LogP contribution < -0.4 is 5.73 Å². The molecule has 3 N–H and O–H groups in total. The van der Waals surface area contributed by atoms with Crippen LogP contribution in [0.2, 0.25) is 0 Å². The second kappa shape index (κ2) is 13.5. The second-order valence-corrected chi connectivity index (χ2v) is 7.82. The summed E-state index contributed by atoms with van der Waals surface area (Å²) < 4.78 is 29.6. The maximum Gasteiger partial charge on any atom is 0.264 e. The average molecular weight is 348 g/mol. The minimum Gasteiger partial charge on any atom is -0.366 e. The van der Waals surface area contributed by atoms with Gasteiger partial charge in [-0.15, -0.1) is 0 Å². The lowest BCUT2D eigenvalue weighted by Gasteiger charge is -2.03. The van der Waals surface area contributed by atoms with E-state index in [2.05, 4.69) is 6.58 Å². The lowest BCUT2D eigenvalue weighted by molar-refractivity contribution is -0.114. The lowest BCUT2D eigenvalue weighted by atomic mass is 10.0. The molecule has 136 valence electrons. The summed E-state index contributed by atoms with van der Waals surface area (Å²) in [5.41, 5.74) is 5.66. The van der Waals surface area contributed by atoms with E-state index in [0.29, 0.717) is 18.4 Å². The van der Waals surface area contributed by atoms with Gasteiger partial charge in [-0.05, 0) is 19.3 Å². The van der Waals surface area contributed by atoms with Crippen LogP contribution in [-0.4, -0.2) is 24.6 Å². The van der Waals surface area contributed by atoms with Gasteiger partial charge >= 0.3 is 0 Å². The molecule has 0 aromatic rings. The van der Waals surface area contributed by atoms with Crippen LogP contribution in [0.3, 0.4) is 0 Å². The van der Waals surface area contributed by atoms with Crippen LogP contribution >= 0.6 is 0 Å². The molecule has 0 atom stereocenters. The zero-order valence-corrected chi connectivity index (χ0v) is 15.1. The first kappa shape index (κ1) is 22.1. The molecular formula is C17H33NO4S. The summed E-state index contributed by atoms with van der Waals surface area (Å²) in [6.07, 6.45) is 13.8. The van der Waals surface area contributed by atoms with Gasteiger partial charge in [0.05, 0.1) is 5.75 Å². The van der Waals surface area contributed by atoms with Crippen molar-refractivity contribution < 1.29 is 17.8 Å². The highest BCUT2D eigenvalue weighted by Crippen LogP contribution is 2.13. The molecule has 0 rings (SSSR count). The number of primary amides is 1. The summed E-state index contributed by atoms with van der Waals surface area (Å²) in [5.74, 6) is -0.497. The predicted molar refractivity (Wildman–Crippen MR) is 94.8 cm³/mol. The number of hydrogen-bond acceptors (Lipinski definition) is 3. The van der Waals surface area contributed by atoms with Crippen molar-refractivity contribution in [1.29, 1.82) is 0 Å². The van der Waals surface area contributed by atoms with Crippen LogP contribution in [0.4, 0.5) is 0 Å². The monoisotopic (exact) mass is 347 g/mol. The molecule has 0 bridgehead atoms. The Morgan fingerprint density at radius 3 is 1.48 bits per heavy atom. The van der Waals surface area contributed by atoms with Crippen molar-refractivity contribution in [3.8, 4) is 0 Å². The Morgan fingerprint density at radius 2 is 1.13 bits per heavy atom. The Morgan fingerprint density at radius 1 is 0.783 bits per heavy atom. The molecule has 23 heavy (non-hydrogen) atoms. The van der Waals surface area contributed by atoms with Crippen LogP contribution in [0.15, 0.2) is 12.2 Å². The number of carbonyl (C=O) groups excluding carboxylic acids is 1. The molecule has 1 amide bonds. The standard InChI is InChI=1S/C17H33NO4S/c1-16(17(18)19)14-12-10-8-6-4-2-3-5-7-9-11-13-15-23(20,21)22/h1-15H2,(H2,18,19)(H,20,21,22). The number of rotatable bonds is 16. The fraction of sp³-hybridized carbons (Fsp3) is 0.824. The van der Waals surface area contributed by atoms with Crippen LogP contribution in [0.5, 0.6) is 0 Å². The van der Waals surface area contributed by atoms with Gasteiger partial charge in [-0.2, -0.15) is 8.42 Å². The summed E-state index contributed by atoms with van der Waals surface area (Å²) in [7, 11) is -3.78. The van der Waals surface area contributed by atoms with E-state index >= 15 is 0 Å². The zero-order valence-electron chi connectivity index (χ0n) is 14.3. The third-order valence-corrected chi connectivity index (χ3v) is 4.78. The summed E-state index contributed by atoms with van der Waals surface area (Å²) >= 11 is 0. The van der Waals surface area contributed by atoms with Gasteiger partial charge in [0.25, 0.3) is 10.1 Å². The number of carbonyl (C=O) groups is 1. The van der Waals surface area contributed by atoms with Crippen molar-refractivity contribution >= 4 is 16.0 Å². The lowest BCUT2D eigenvalue weighted by Crippen LogP contribution is -2.12. The minimum absolute atomic E-state index is 0.111. The summed E-state index contributed by atoms with van der Waals surface area (Å²) in [6, 6.07) is 0. The molecule has 5 nitrogen and oxygen atoms in total. The number of hydrogen-bond donors (Lipinski definition) is 2. The minimum atomic E-state index is -3.78. The van der Waals surface area contributed by atoms with Crippen molar-refractivity contribution in [3.63, 3.8) is 0 Å². The van der Waals surface area contributed by atoms with Gasteiger partial charge in [-0.25, -0.2) is 0 Å². The summed E-state index contributed by atoms with van der Waals surface area (Å²) in [6.45, 7) is 3.64. The molecule has 0 radical (unpaired) electrons. The maximum absolute atomic E-state index is 10.8. The van der Waals surface area contributed by atoms with Gasteiger partial charge in [0.2, 0.25) is 5.91 Å². The van der Waals surface area contributed by atoms with Crippen molar-refractivity contribution in [3.05, 3.63) is 12.2 Å². The van der Waals surface area contributed by atoms with E-state index < -0.39 is 10.1 Å². The van der Waals surface area contributed by atoms with Crippen molar-refractivity contribution in [2.24, 2.45) is 5.73 Å². The summed E-state index contributed by atoms with van der Waals surface area (Å²) in [5, 5.41) is 0. The van der Waals surface area contributed by atoms with Gasteiger partial charge in [0.1, 0.15) is 0 Å². The Balaban J connectivity index is 3.16. The topological polar surface area (TPSA) is 97.5 Å². The van der Waals surface area contributed by atoms with Gasteiger partial charge in [0.15, 0.2) is 0 Å². The first-order valence-electron chi connectivity index (χ1n) is 8.75. The van der Waals surface area contributed by atoms with E-state index in [4.69, 9.17) is 10.3 Å². The SMILES string of the molecule is C=C(CCCCCCCCCCCCCCS(=O)(=O)O)C(N)=O. The van der Waals surface area contributed by atoms with Gasteiger partial charge in [0, 0.05) is 5.57 Å². The van der Waals surface area contributed by atoms with E-state index in [1.54, 1.807) is 0 Å². The molecule has 6 heteroatoms. The third kappa shape index (κ3) is 17.3. The first-order chi connectivity index (χ1) is 10.8. The smallest absolute Gasteiger partial charge is 0.264 e. The van der Waals surface area contributed by atoms with Crippen LogP contribution in [0.1, 0.15) is 83.5 Å². The van der Waals surface area contributed by atoms with Gasteiger partial charge in [-0.1, -0.05) is 70.8 Å². The average Bonchev–Trinajstić information content (AvgIpc) is 2.46. The third-order valence-electron chi connectivity index (χ3n) is 3.98. The quantitative estimate of drug-likeness (QED) is 0.250. The Hall–Kier alpha value is -0.880. The molecule has 0 fully saturated rings. The van der Waals surface area contributed by atoms with E-state index in [0.717, 1.165) is 32.1 Å². The molecule has 0 aliphatic heterocycles. The van der Waals surface area contributed by atoms with E-state index in [-0.39, 0.29) is 11.7 Å². The van der Waals surface area contributed by atoms with Crippen molar-refractivity contribution in [2.45, 2.75) is 83.5 Å². The fourth-order valence-electron chi connectivity index (χ4n) is 2.51. The normalized spacial score (nSPS) is 11.5. The molecule has 0 unspecified atom stereocenters. The zero-order chi connectivity index (χ0) is 17.6. The predicted octanol–water partition coefficient (Wildman–Crippen LogP) is 3.99. The van der Waals surface area contributed by atoms with Crippen molar-refractivity contribution in [1.82, 2.24) is 0 Å². The van der Waals surface area contributed by atoms with E-state index in [1.807, 2.05) is 0 Å². The highest BCUT2D eigenvalue weighted by molar-refractivity contribution is 7.85. The molecule has 0 spiro atoms. The largest absolute Gasteiger partial charge is 0.366 e. The molecule has 0 aromatic heterocycles. The van der Waals surface area contributed by atoms with Crippen LogP contribution in [-0.2, 0) is 14.9 Å².